The van der Waals surface area contributed by atoms with Gasteiger partial charge in [0.1, 0.15) is 18.0 Å². The number of hydrogen-bond donors (Lipinski definition) is 2. The summed E-state index contributed by atoms with van der Waals surface area (Å²) in [5.41, 5.74) is 1.74. The van der Waals surface area contributed by atoms with Gasteiger partial charge in [0, 0.05) is 5.69 Å². The van der Waals surface area contributed by atoms with Gasteiger partial charge in [-0.3, -0.25) is 9.59 Å². The van der Waals surface area contributed by atoms with Crippen LogP contribution in [0.1, 0.15) is 12.0 Å². The fraction of sp³-hybridized carbons (Fsp3) is 0.176. The molecule has 2 N–H and O–H groups in total. The van der Waals surface area contributed by atoms with Crippen LogP contribution in [0.4, 0.5) is 15.8 Å². The lowest BCUT2D eigenvalue weighted by Gasteiger charge is -2.11. The predicted octanol–water partition coefficient (Wildman–Crippen LogP) is 3.76. The number of hydrogen-bond acceptors (Lipinski definition) is 3. The average Bonchev–Trinajstić information content (AvgIpc) is 2.51. The largest absolute Gasteiger partial charge is 0.495 e. The quantitative estimate of drug-likeness (QED) is 0.807. The molecule has 2 rings (SSSR count). The van der Waals surface area contributed by atoms with E-state index in [1.807, 2.05) is 13.0 Å². The Labute approximate surface area is 143 Å². The molecule has 0 bridgehead atoms. The second-order valence-electron chi connectivity index (χ2n) is 5.11. The highest BCUT2D eigenvalue weighted by molar-refractivity contribution is 6.31. The number of amides is 2. The van der Waals surface area contributed by atoms with Gasteiger partial charge >= 0.3 is 0 Å². The van der Waals surface area contributed by atoms with Gasteiger partial charge in [-0.1, -0.05) is 17.7 Å². The molecule has 0 aromatic heterocycles. The van der Waals surface area contributed by atoms with Crippen LogP contribution in [-0.4, -0.2) is 18.9 Å². The van der Waals surface area contributed by atoms with Crippen LogP contribution in [0.25, 0.3) is 0 Å². The Balaban J connectivity index is 1.98. The molecule has 0 radical (unpaired) electrons. The van der Waals surface area contributed by atoms with Crippen LogP contribution in [-0.2, 0) is 9.59 Å². The lowest BCUT2D eigenvalue weighted by Crippen LogP contribution is -2.21. The van der Waals surface area contributed by atoms with Crippen LogP contribution in [0.5, 0.6) is 5.75 Å². The van der Waals surface area contributed by atoms with Crippen LogP contribution >= 0.6 is 11.6 Å². The van der Waals surface area contributed by atoms with Crippen LogP contribution < -0.4 is 15.4 Å². The molecule has 24 heavy (non-hydrogen) atoms. The van der Waals surface area contributed by atoms with Gasteiger partial charge in [-0.05, 0) is 42.8 Å². The number of nitrogens with one attached hydrogen (secondary N) is 2. The first-order valence-corrected chi connectivity index (χ1v) is 7.46. The number of benzene rings is 2. The second kappa shape index (κ2) is 7.79. The van der Waals surface area contributed by atoms with Gasteiger partial charge in [-0.2, -0.15) is 0 Å². The smallest absolute Gasteiger partial charge is 0.233 e. The van der Waals surface area contributed by atoms with Gasteiger partial charge < -0.3 is 15.4 Å². The number of rotatable bonds is 5. The van der Waals surface area contributed by atoms with Crippen molar-refractivity contribution in [1.82, 2.24) is 0 Å². The molecule has 2 aromatic rings. The molecule has 2 amide bonds. The minimum atomic E-state index is -0.584. The van der Waals surface area contributed by atoms with Gasteiger partial charge in [0.2, 0.25) is 11.8 Å². The Morgan fingerprint density at radius 1 is 1.12 bits per heavy atom. The van der Waals surface area contributed by atoms with Crippen LogP contribution in [0.2, 0.25) is 5.02 Å². The lowest BCUT2D eigenvalue weighted by atomic mass is 10.2. The minimum absolute atomic E-state index is 0.109. The molecule has 0 aliphatic heterocycles. The van der Waals surface area contributed by atoms with E-state index in [0.717, 1.165) is 11.6 Å². The number of methoxy groups -OCH3 is 1. The maximum atomic E-state index is 13.1. The Morgan fingerprint density at radius 3 is 2.50 bits per heavy atom. The van der Waals surface area contributed by atoms with Gasteiger partial charge in [-0.25, -0.2) is 4.39 Å². The molecule has 7 heteroatoms. The topological polar surface area (TPSA) is 67.4 Å². The lowest BCUT2D eigenvalue weighted by molar-refractivity contribution is -0.123. The number of ether oxygens (including phenoxy) is 1. The maximum absolute atomic E-state index is 13.1. The van der Waals surface area contributed by atoms with E-state index in [9.17, 15) is 14.0 Å². The minimum Gasteiger partial charge on any atom is -0.495 e. The van der Waals surface area contributed by atoms with Gasteiger partial charge in [-0.15, -0.1) is 0 Å². The standard InChI is InChI=1S/C17H16ClFN2O3/c1-10-3-6-15(24-2)14(7-10)21-17(23)9-16(22)20-11-4-5-13(19)12(18)8-11/h3-8H,9H2,1-2H3,(H,20,22)(H,21,23). The zero-order valence-electron chi connectivity index (χ0n) is 13.2. The summed E-state index contributed by atoms with van der Waals surface area (Å²) < 4.78 is 18.2. The van der Waals surface area contributed by atoms with E-state index in [2.05, 4.69) is 10.6 Å². The van der Waals surface area contributed by atoms with E-state index in [1.165, 1.54) is 19.2 Å². The predicted molar refractivity (Wildman–Crippen MR) is 91.0 cm³/mol. The summed E-state index contributed by atoms with van der Waals surface area (Å²) in [5, 5.41) is 5.00. The number of carbonyl (C=O) groups excluding carboxylic acids is 2. The van der Waals surface area contributed by atoms with Crippen molar-refractivity contribution in [3.63, 3.8) is 0 Å². The van der Waals surface area contributed by atoms with E-state index in [0.29, 0.717) is 17.1 Å². The molecule has 0 unspecified atom stereocenters. The molecule has 2 aromatic carbocycles. The normalized spacial score (nSPS) is 10.2. The van der Waals surface area contributed by atoms with Gasteiger partial charge in [0.25, 0.3) is 0 Å². The van der Waals surface area contributed by atoms with Crippen molar-refractivity contribution in [3.05, 3.63) is 52.8 Å². The molecular weight excluding hydrogens is 335 g/mol. The second-order valence-corrected chi connectivity index (χ2v) is 5.51. The maximum Gasteiger partial charge on any atom is 0.233 e. The fourth-order valence-corrected chi connectivity index (χ4v) is 2.22. The van der Waals surface area contributed by atoms with E-state index in [1.54, 1.807) is 12.1 Å². The number of aryl methyl sites for hydroxylation is 1. The molecule has 0 aliphatic rings. The summed E-state index contributed by atoms with van der Waals surface area (Å²) >= 11 is 5.64. The van der Waals surface area contributed by atoms with Crippen LogP contribution in [0, 0.1) is 12.7 Å². The average molecular weight is 351 g/mol. The Hall–Kier alpha value is -2.60. The Morgan fingerprint density at radius 2 is 1.83 bits per heavy atom. The third-order valence-electron chi connectivity index (χ3n) is 3.15. The highest BCUT2D eigenvalue weighted by Crippen LogP contribution is 2.25. The zero-order chi connectivity index (χ0) is 17.7. The third kappa shape index (κ3) is 4.70. The monoisotopic (exact) mass is 350 g/mol. The molecule has 0 fully saturated rings. The third-order valence-corrected chi connectivity index (χ3v) is 3.44. The highest BCUT2D eigenvalue weighted by atomic mass is 35.5. The molecule has 5 nitrogen and oxygen atoms in total. The molecule has 0 spiro atoms. The van der Waals surface area contributed by atoms with E-state index >= 15 is 0 Å². The summed E-state index contributed by atoms with van der Waals surface area (Å²) in [6, 6.07) is 9.09. The first-order chi connectivity index (χ1) is 11.4. The summed E-state index contributed by atoms with van der Waals surface area (Å²) in [4.78, 5) is 23.9. The van der Waals surface area contributed by atoms with E-state index in [4.69, 9.17) is 16.3 Å². The van der Waals surface area contributed by atoms with Crippen molar-refractivity contribution in [2.45, 2.75) is 13.3 Å². The number of carbonyl (C=O) groups is 2. The fourth-order valence-electron chi connectivity index (χ4n) is 2.04. The van der Waals surface area contributed by atoms with Crippen molar-refractivity contribution < 1.29 is 18.7 Å². The van der Waals surface area contributed by atoms with Crippen LogP contribution in [0.15, 0.2) is 36.4 Å². The molecule has 126 valence electrons. The van der Waals surface area contributed by atoms with Crippen molar-refractivity contribution in [2.75, 3.05) is 17.7 Å². The molecule has 0 saturated carbocycles. The van der Waals surface area contributed by atoms with Gasteiger partial charge in [0.15, 0.2) is 0 Å². The first-order valence-electron chi connectivity index (χ1n) is 7.08. The van der Waals surface area contributed by atoms with Crippen molar-refractivity contribution in [3.8, 4) is 5.75 Å². The summed E-state index contributed by atoms with van der Waals surface area (Å²) in [5.74, 6) is -1.12. The summed E-state index contributed by atoms with van der Waals surface area (Å²) in [7, 11) is 1.49. The molecule has 0 aliphatic carbocycles. The Bertz CT molecular complexity index is 780. The van der Waals surface area contributed by atoms with Crippen LogP contribution in [0.3, 0.4) is 0 Å². The Kier molecular flexibility index (Phi) is 5.76. The molecule has 0 atom stereocenters. The molecule has 0 heterocycles. The van der Waals surface area contributed by atoms with Crippen molar-refractivity contribution >= 4 is 34.8 Å². The molecular formula is C17H16ClFN2O3. The summed E-state index contributed by atoms with van der Waals surface area (Å²) in [6.07, 6.45) is -0.397. The van der Waals surface area contributed by atoms with E-state index < -0.39 is 24.1 Å². The van der Waals surface area contributed by atoms with Crippen molar-refractivity contribution in [1.29, 1.82) is 0 Å². The molecule has 0 saturated heterocycles. The first kappa shape index (κ1) is 17.7. The van der Waals surface area contributed by atoms with Gasteiger partial charge in [0.05, 0.1) is 17.8 Å². The number of anilines is 2. The van der Waals surface area contributed by atoms with Crippen molar-refractivity contribution in [2.24, 2.45) is 0 Å². The highest BCUT2D eigenvalue weighted by Gasteiger charge is 2.13. The number of halogens is 2. The SMILES string of the molecule is COc1ccc(C)cc1NC(=O)CC(=O)Nc1ccc(F)c(Cl)c1. The summed E-state index contributed by atoms with van der Waals surface area (Å²) in [6.45, 7) is 1.88. The van der Waals surface area contributed by atoms with E-state index in [-0.39, 0.29) is 5.02 Å². The zero-order valence-corrected chi connectivity index (χ0v) is 13.9.